The van der Waals surface area contributed by atoms with Crippen molar-refractivity contribution in [3.05, 3.63) is 87.4 Å². The van der Waals surface area contributed by atoms with E-state index in [4.69, 9.17) is 16.3 Å². The molecule has 0 saturated heterocycles. The molecule has 0 aliphatic carbocycles. The molecule has 5 nitrogen and oxygen atoms in total. The molecule has 0 fully saturated rings. The van der Waals surface area contributed by atoms with E-state index in [0.29, 0.717) is 39.9 Å². The number of carbonyl (C=O) groups is 2. The average Bonchev–Trinajstić information content (AvgIpc) is 2.80. The minimum absolute atomic E-state index is 0.299. The van der Waals surface area contributed by atoms with Gasteiger partial charge >= 0.3 is 0 Å². The summed E-state index contributed by atoms with van der Waals surface area (Å²) >= 11 is 9.40. The lowest BCUT2D eigenvalue weighted by molar-refractivity contribution is 0.101. The van der Waals surface area contributed by atoms with Gasteiger partial charge in [0.2, 0.25) is 0 Å². The lowest BCUT2D eigenvalue weighted by Crippen LogP contribution is -2.16. The Kier molecular flexibility index (Phi) is 9.34. The predicted octanol–water partition coefficient (Wildman–Crippen LogP) is 7.57. The molecular formula is C26H26BrClN2O3. The molecule has 0 aliphatic rings. The van der Waals surface area contributed by atoms with Crippen LogP contribution < -0.4 is 15.4 Å². The Morgan fingerprint density at radius 2 is 1.61 bits per heavy atom. The van der Waals surface area contributed by atoms with Crippen molar-refractivity contribution in [1.82, 2.24) is 0 Å². The van der Waals surface area contributed by atoms with Crippen molar-refractivity contribution >= 4 is 50.7 Å². The van der Waals surface area contributed by atoms with Crippen molar-refractivity contribution in [2.45, 2.75) is 32.6 Å². The van der Waals surface area contributed by atoms with Gasteiger partial charge in [0.25, 0.3) is 11.8 Å². The molecule has 0 atom stereocenters. The first kappa shape index (κ1) is 24.8. The third-order valence-corrected chi connectivity index (χ3v) is 5.64. The lowest BCUT2D eigenvalue weighted by atomic mass is 10.1. The predicted molar refractivity (Wildman–Crippen MR) is 138 cm³/mol. The molecule has 0 aliphatic heterocycles. The monoisotopic (exact) mass is 528 g/mol. The standard InChI is InChI=1S/C26H26BrClN2O3/c1-2-3-4-5-14-33-24-13-12-19(27)16-23(24)26(32)30-21-10-6-8-18(15-21)25(31)29-22-11-7-9-20(28)17-22/h6-13,15-17H,2-5,14H2,1H3,(H,29,31)(H,30,32). The molecule has 0 aromatic heterocycles. The number of nitrogens with one attached hydrogen (secondary N) is 2. The maximum atomic E-state index is 13.0. The summed E-state index contributed by atoms with van der Waals surface area (Å²) in [7, 11) is 0. The second kappa shape index (κ2) is 12.4. The van der Waals surface area contributed by atoms with Crippen LogP contribution in [0.2, 0.25) is 5.02 Å². The third kappa shape index (κ3) is 7.62. The van der Waals surface area contributed by atoms with Crippen molar-refractivity contribution in [3.63, 3.8) is 0 Å². The summed E-state index contributed by atoms with van der Waals surface area (Å²) in [5.41, 5.74) is 1.94. The quantitative estimate of drug-likeness (QED) is 0.266. The zero-order chi connectivity index (χ0) is 23.6. The molecule has 3 rings (SSSR count). The molecule has 7 heteroatoms. The summed E-state index contributed by atoms with van der Waals surface area (Å²) < 4.78 is 6.66. The van der Waals surface area contributed by atoms with E-state index in [-0.39, 0.29) is 11.8 Å². The Labute approximate surface area is 207 Å². The molecule has 0 heterocycles. The van der Waals surface area contributed by atoms with Crippen molar-refractivity contribution in [1.29, 1.82) is 0 Å². The maximum Gasteiger partial charge on any atom is 0.259 e. The van der Waals surface area contributed by atoms with Gasteiger partial charge in [-0.05, 0) is 61.0 Å². The number of ether oxygens (including phenoxy) is 1. The van der Waals surface area contributed by atoms with Crippen molar-refractivity contribution < 1.29 is 14.3 Å². The normalized spacial score (nSPS) is 10.5. The fourth-order valence-electron chi connectivity index (χ4n) is 3.22. The average molecular weight is 530 g/mol. The van der Waals surface area contributed by atoms with Crippen LogP contribution in [0.1, 0.15) is 53.3 Å². The van der Waals surface area contributed by atoms with Crippen LogP contribution >= 0.6 is 27.5 Å². The first-order valence-corrected chi connectivity index (χ1v) is 12.0. The van der Waals surface area contributed by atoms with Gasteiger partial charge in [-0.15, -0.1) is 0 Å². The number of rotatable bonds is 10. The maximum absolute atomic E-state index is 13.0. The highest BCUT2D eigenvalue weighted by Crippen LogP contribution is 2.25. The lowest BCUT2D eigenvalue weighted by Gasteiger charge is -2.13. The summed E-state index contributed by atoms with van der Waals surface area (Å²) in [4.78, 5) is 25.6. The summed E-state index contributed by atoms with van der Waals surface area (Å²) in [5.74, 6) is -0.0822. The SMILES string of the molecule is CCCCCCOc1ccc(Br)cc1C(=O)Nc1cccc(C(=O)Nc2cccc(Cl)c2)c1. The van der Waals surface area contributed by atoms with Gasteiger partial charge in [0, 0.05) is 26.4 Å². The number of halogens is 2. The first-order chi connectivity index (χ1) is 16.0. The number of anilines is 2. The van der Waals surface area contributed by atoms with Crippen LogP contribution in [0, 0.1) is 0 Å². The number of amides is 2. The Balaban J connectivity index is 1.69. The summed E-state index contributed by atoms with van der Waals surface area (Å²) in [5, 5.41) is 6.20. The second-order valence-corrected chi connectivity index (χ2v) is 8.90. The van der Waals surface area contributed by atoms with Gasteiger partial charge < -0.3 is 15.4 Å². The van der Waals surface area contributed by atoms with Gasteiger partial charge in [-0.25, -0.2) is 0 Å². The van der Waals surface area contributed by atoms with Gasteiger partial charge in [-0.3, -0.25) is 9.59 Å². The van der Waals surface area contributed by atoms with Crippen LogP contribution in [-0.4, -0.2) is 18.4 Å². The Morgan fingerprint density at radius 1 is 0.879 bits per heavy atom. The van der Waals surface area contributed by atoms with Crippen LogP contribution in [0.3, 0.4) is 0 Å². The van der Waals surface area contributed by atoms with Gasteiger partial charge in [0.1, 0.15) is 5.75 Å². The summed E-state index contributed by atoms with van der Waals surface area (Å²) in [6, 6.07) is 19.0. The first-order valence-electron chi connectivity index (χ1n) is 10.9. The minimum atomic E-state index is -0.313. The number of benzene rings is 3. The molecule has 3 aromatic carbocycles. The van der Waals surface area contributed by atoms with Crippen molar-refractivity contribution in [3.8, 4) is 5.75 Å². The summed E-state index contributed by atoms with van der Waals surface area (Å²) in [6.45, 7) is 2.72. The third-order valence-electron chi connectivity index (χ3n) is 4.91. The van der Waals surface area contributed by atoms with E-state index in [0.717, 1.165) is 30.2 Å². The van der Waals surface area contributed by atoms with E-state index >= 15 is 0 Å². The highest BCUT2D eigenvalue weighted by atomic mass is 79.9. The number of unbranched alkanes of at least 4 members (excludes halogenated alkanes) is 3. The van der Waals surface area contributed by atoms with Gasteiger partial charge in [0.05, 0.1) is 12.2 Å². The van der Waals surface area contributed by atoms with E-state index in [9.17, 15) is 9.59 Å². The molecule has 0 unspecified atom stereocenters. The Bertz CT molecular complexity index is 1120. The van der Waals surface area contributed by atoms with Crippen LogP contribution in [0.25, 0.3) is 0 Å². The molecule has 172 valence electrons. The smallest absolute Gasteiger partial charge is 0.259 e. The van der Waals surface area contributed by atoms with Gasteiger partial charge in [0.15, 0.2) is 0 Å². The molecule has 3 aromatic rings. The fourth-order valence-corrected chi connectivity index (χ4v) is 3.77. The van der Waals surface area contributed by atoms with E-state index in [1.54, 1.807) is 60.7 Å². The molecule has 0 spiro atoms. The zero-order valence-electron chi connectivity index (χ0n) is 18.4. The Hall–Kier alpha value is -2.83. The number of carbonyl (C=O) groups excluding carboxylic acids is 2. The van der Waals surface area contributed by atoms with Crippen LogP contribution in [0.15, 0.2) is 71.2 Å². The van der Waals surface area contributed by atoms with E-state index in [1.165, 1.54) is 0 Å². The molecular weight excluding hydrogens is 504 g/mol. The van der Waals surface area contributed by atoms with Crippen molar-refractivity contribution in [2.75, 3.05) is 17.2 Å². The van der Waals surface area contributed by atoms with E-state index < -0.39 is 0 Å². The molecule has 33 heavy (non-hydrogen) atoms. The van der Waals surface area contributed by atoms with Gasteiger partial charge in [-0.2, -0.15) is 0 Å². The highest BCUT2D eigenvalue weighted by Gasteiger charge is 2.15. The number of hydrogen-bond donors (Lipinski definition) is 2. The van der Waals surface area contributed by atoms with Crippen LogP contribution in [0.4, 0.5) is 11.4 Å². The second-order valence-electron chi connectivity index (χ2n) is 7.55. The van der Waals surface area contributed by atoms with Gasteiger partial charge in [-0.1, -0.05) is 65.8 Å². The van der Waals surface area contributed by atoms with E-state index in [2.05, 4.69) is 33.5 Å². The number of hydrogen-bond acceptors (Lipinski definition) is 3. The zero-order valence-corrected chi connectivity index (χ0v) is 20.7. The van der Waals surface area contributed by atoms with E-state index in [1.807, 2.05) is 6.07 Å². The fraction of sp³-hybridized carbons (Fsp3) is 0.231. The summed E-state index contributed by atoms with van der Waals surface area (Å²) in [6.07, 6.45) is 4.35. The van der Waals surface area contributed by atoms with Crippen LogP contribution in [0.5, 0.6) is 5.75 Å². The molecule has 0 saturated carbocycles. The topological polar surface area (TPSA) is 67.4 Å². The molecule has 2 amide bonds. The van der Waals surface area contributed by atoms with Crippen LogP contribution in [-0.2, 0) is 0 Å². The van der Waals surface area contributed by atoms with Crippen molar-refractivity contribution in [2.24, 2.45) is 0 Å². The molecule has 2 N–H and O–H groups in total. The largest absolute Gasteiger partial charge is 0.493 e. The highest BCUT2D eigenvalue weighted by molar-refractivity contribution is 9.10. The Morgan fingerprint density at radius 3 is 2.36 bits per heavy atom. The molecule has 0 radical (unpaired) electrons. The minimum Gasteiger partial charge on any atom is -0.493 e. The molecule has 0 bridgehead atoms.